The van der Waals surface area contributed by atoms with Crippen LogP contribution in [0.3, 0.4) is 0 Å². The molecule has 4 aromatic rings. The van der Waals surface area contributed by atoms with Gasteiger partial charge in [-0.3, -0.25) is 4.98 Å². The van der Waals surface area contributed by atoms with E-state index < -0.39 is 0 Å². The van der Waals surface area contributed by atoms with Crippen molar-refractivity contribution in [1.82, 2.24) is 15.2 Å². The number of fused-ring (bicyclic) bond motifs is 1. The van der Waals surface area contributed by atoms with E-state index in [-0.39, 0.29) is 0 Å². The fourth-order valence-corrected chi connectivity index (χ4v) is 2.70. The molecule has 22 heavy (non-hydrogen) atoms. The van der Waals surface area contributed by atoms with Crippen LogP contribution < -0.4 is 0 Å². The summed E-state index contributed by atoms with van der Waals surface area (Å²) in [7, 11) is 0. The van der Waals surface area contributed by atoms with E-state index in [0.29, 0.717) is 0 Å². The molecular weight excluding hydrogens is 270 g/mol. The van der Waals surface area contributed by atoms with Crippen LogP contribution in [0.2, 0.25) is 0 Å². The van der Waals surface area contributed by atoms with Gasteiger partial charge in [0.1, 0.15) is 5.69 Å². The van der Waals surface area contributed by atoms with Gasteiger partial charge in [0, 0.05) is 34.3 Å². The highest BCUT2D eigenvalue weighted by atomic mass is 15.1. The highest BCUT2D eigenvalue weighted by Crippen LogP contribution is 2.33. The second kappa shape index (κ2) is 5.37. The summed E-state index contributed by atoms with van der Waals surface area (Å²) in [6, 6.07) is 20.4. The molecule has 2 heterocycles. The maximum Gasteiger partial charge on any atom is 0.101 e. The number of aromatic nitrogens is 3. The van der Waals surface area contributed by atoms with Crippen molar-refractivity contribution in [2.24, 2.45) is 0 Å². The normalized spacial score (nSPS) is 10.7. The Balaban J connectivity index is 2.07. The van der Waals surface area contributed by atoms with Crippen LogP contribution in [0.25, 0.3) is 33.2 Å². The predicted molar refractivity (Wildman–Crippen MR) is 88.2 cm³/mol. The molecule has 0 saturated heterocycles. The molecule has 0 radical (unpaired) electrons. The third-order valence-electron chi connectivity index (χ3n) is 3.71. The minimum Gasteiger partial charge on any atom is -0.264 e. The zero-order valence-corrected chi connectivity index (χ0v) is 11.8. The molecule has 104 valence electrons. The van der Waals surface area contributed by atoms with Crippen molar-refractivity contribution in [2.45, 2.75) is 0 Å². The second-order valence-electron chi connectivity index (χ2n) is 5.07. The highest BCUT2D eigenvalue weighted by Gasteiger charge is 2.11. The third-order valence-corrected chi connectivity index (χ3v) is 3.71. The molecule has 0 N–H and O–H groups in total. The molecule has 3 nitrogen and oxygen atoms in total. The van der Waals surface area contributed by atoms with E-state index in [0.717, 1.165) is 33.2 Å². The summed E-state index contributed by atoms with van der Waals surface area (Å²) in [6.45, 7) is 0. The van der Waals surface area contributed by atoms with Gasteiger partial charge in [-0.1, -0.05) is 54.6 Å². The van der Waals surface area contributed by atoms with Crippen LogP contribution in [-0.4, -0.2) is 15.2 Å². The molecule has 0 atom stereocenters. The average Bonchev–Trinajstić information content (AvgIpc) is 2.62. The summed E-state index contributed by atoms with van der Waals surface area (Å²) in [6.07, 6.45) is 5.47. The van der Waals surface area contributed by atoms with Gasteiger partial charge in [-0.05, 0) is 11.6 Å². The zero-order chi connectivity index (χ0) is 14.8. The number of benzene rings is 2. The lowest BCUT2D eigenvalue weighted by atomic mass is 9.96. The van der Waals surface area contributed by atoms with E-state index in [1.54, 1.807) is 6.20 Å². The molecule has 0 unspecified atom stereocenters. The molecule has 0 saturated carbocycles. The first kappa shape index (κ1) is 12.7. The van der Waals surface area contributed by atoms with E-state index >= 15 is 0 Å². The SMILES string of the molecule is c1ccc(-c2nncc3cccc(-c4cccnc4)c23)cc1. The standard InChI is InChI=1S/C19H13N3/c1-2-6-14(7-3-1)19-18-16(13-21-22-19)8-4-10-17(18)15-9-5-11-20-12-15/h1-13H. The van der Waals surface area contributed by atoms with Gasteiger partial charge < -0.3 is 0 Å². The maximum absolute atomic E-state index is 4.39. The van der Waals surface area contributed by atoms with Gasteiger partial charge in [0.15, 0.2) is 0 Å². The number of rotatable bonds is 2. The van der Waals surface area contributed by atoms with Gasteiger partial charge in [0.2, 0.25) is 0 Å². The van der Waals surface area contributed by atoms with E-state index in [4.69, 9.17) is 0 Å². The predicted octanol–water partition coefficient (Wildman–Crippen LogP) is 4.36. The summed E-state index contributed by atoms with van der Waals surface area (Å²) >= 11 is 0. The van der Waals surface area contributed by atoms with E-state index in [1.165, 1.54) is 0 Å². The van der Waals surface area contributed by atoms with Crippen molar-refractivity contribution in [3.05, 3.63) is 79.3 Å². The van der Waals surface area contributed by atoms with E-state index in [1.807, 2.05) is 42.7 Å². The van der Waals surface area contributed by atoms with Crippen molar-refractivity contribution < 1.29 is 0 Å². The Morgan fingerprint density at radius 3 is 2.36 bits per heavy atom. The van der Waals surface area contributed by atoms with Crippen molar-refractivity contribution in [1.29, 1.82) is 0 Å². The monoisotopic (exact) mass is 283 g/mol. The minimum absolute atomic E-state index is 0.901. The van der Waals surface area contributed by atoms with Gasteiger partial charge >= 0.3 is 0 Å². The Morgan fingerprint density at radius 1 is 0.682 bits per heavy atom. The zero-order valence-electron chi connectivity index (χ0n) is 11.8. The van der Waals surface area contributed by atoms with Gasteiger partial charge in [-0.25, -0.2) is 0 Å². The molecule has 2 aromatic carbocycles. The molecule has 0 spiro atoms. The highest BCUT2D eigenvalue weighted by molar-refractivity contribution is 6.04. The molecule has 4 rings (SSSR count). The largest absolute Gasteiger partial charge is 0.264 e. The number of nitrogens with zero attached hydrogens (tertiary/aromatic N) is 3. The van der Waals surface area contributed by atoms with Gasteiger partial charge in [0.25, 0.3) is 0 Å². The van der Waals surface area contributed by atoms with Crippen LogP contribution in [-0.2, 0) is 0 Å². The topological polar surface area (TPSA) is 38.7 Å². The lowest BCUT2D eigenvalue weighted by Gasteiger charge is -2.10. The Morgan fingerprint density at radius 2 is 1.55 bits per heavy atom. The molecular formula is C19H13N3. The van der Waals surface area contributed by atoms with Crippen LogP contribution in [0.1, 0.15) is 0 Å². The smallest absolute Gasteiger partial charge is 0.101 e. The number of hydrogen-bond acceptors (Lipinski definition) is 3. The molecule has 3 heteroatoms. The lowest BCUT2D eigenvalue weighted by molar-refractivity contribution is 1.06. The fourth-order valence-electron chi connectivity index (χ4n) is 2.70. The summed E-state index contributed by atoms with van der Waals surface area (Å²) in [4.78, 5) is 4.23. The van der Waals surface area contributed by atoms with E-state index in [9.17, 15) is 0 Å². The van der Waals surface area contributed by atoms with E-state index in [2.05, 4.69) is 45.5 Å². The summed E-state index contributed by atoms with van der Waals surface area (Å²) in [5.74, 6) is 0. The third kappa shape index (κ3) is 2.13. The molecule has 0 aliphatic carbocycles. The van der Waals surface area contributed by atoms with Gasteiger partial charge in [-0.15, -0.1) is 5.10 Å². The van der Waals surface area contributed by atoms with Crippen molar-refractivity contribution >= 4 is 10.8 Å². The van der Waals surface area contributed by atoms with Crippen LogP contribution >= 0.6 is 0 Å². The average molecular weight is 283 g/mol. The quantitative estimate of drug-likeness (QED) is 0.548. The van der Waals surface area contributed by atoms with Crippen LogP contribution in [0.5, 0.6) is 0 Å². The molecule has 0 aliphatic rings. The summed E-state index contributed by atoms with van der Waals surface area (Å²) in [5, 5.41) is 10.7. The Hall–Kier alpha value is -3.07. The second-order valence-corrected chi connectivity index (χ2v) is 5.07. The van der Waals surface area contributed by atoms with Crippen molar-refractivity contribution in [3.8, 4) is 22.4 Å². The van der Waals surface area contributed by atoms with Crippen LogP contribution in [0, 0.1) is 0 Å². The number of hydrogen-bond donors (Lipinski definition) is 0. The summed E-state index contributed by atoms with van der Waals surface area (Å²) in [5.41, 5.74) is 4.17. The first-order chi connectivity index (χ1) is 10.9. The number of pyridine rings is 1. The van der Waals surface area contributed by atoms with Crippen LogP contribution in [0.4, 0.5) is 0 Å². The molecule has 0 bridgehead atoms. The Bertz CT molecular complexity index is 845. The maximum atomic E-state index is 4.39. The first-order valence-corrected chi connectivity index (χ1v) is 7.14. The van der Waals surface area contributed by atoms with Crippen molar-refractivity contribution in [3.63, 3.8) is 0 Å². The molecule has 0 amide bonds. The van der Waals surface area contributed by atoms with Gasteiger partial charge in [-0.2, -0.15) is 5.10 Å². The minimum atomic E-state index is 0.901. The molecule has 0 fully saturated rings. The molecule has 2 aromatic heterocycles. The fraction of sp³-hybridized carbons (Fsp3) is 0. The first-order valence-electron chi connectivity index (χ1n) is 7.14. The molecule has 0 aliphatic heterocycles. The Kier molecular flexibility index (Phi) is 3.09. The Labute approximate surface area is 128 Å². The van der Waals surface area contributed by atoms with Crippen molar-refractivity contribution in [2.75, 3.05) is 0 Å². The lowest BCUT2D eigenvalue weighted by Crippen LogP contribution is -1.92. The summed E-state index contributed by atoms with van der Waals surface area (Å²) < 4.78 is 0. The van der Waals surface area contributed by atoms with Gasteiger partial charge in [0.05, 0.1) is 6.20 Å². The van der Waals surface area contributed by atoms with Crippen LogP contribution in [0.15, 0.2) is 79.3 Å².